The predicted molar refractivity (Wildman–Crippen MR) is 128 cm³/mol. The number of aryl methyl sites for hydroxylation is 1. The Hall–Kier alpha value is -1.58. The van der Waals surface area contributed by atoms with Crippen LogP contribution in [0.25, 0.3) is 0 Å². The van der Waals surface area contributed by atoms with Crippen molar-refractivity contribution in [1.82, 2.24) is 15.5 Å². The lowest BCUT2D eigenvalue weighted by molar-refractivity contribution is 0.0179. The number of morpholine rings is 1. The Bertz CT molecular complexity index is 713. The van der Waals surface area contributed by atoms with Gasteiger partial charge < -0.3 is 19.8 Å². The number of ether oxygens (including phenoxy) is 1. The van der Waals surface area contributed by atoms with E-state index in [0.717, 1.165) is 57.5 Å². The molecule has 7 heteroatoms. The minimum absolute atomic E-state index is 0. The summed E-state index contributed by atoms with van der Waals surface area (Å²) in [4.78, 5) is 7.36. The zero-order chi connectivity index (χ0) is 19.6. The second kappa shape index (κ2) is 12.9. The van der Waals surface area contributed by atoms with E-state index in [9.17, 15) is 0 Å². The van der Waals surface area contributed by atoms with Crippen molar-refractivity contribution in [3.8, 4) is 0 Å². The number of guanidine groups is 1. The van der Waals surface area contributed by atoms with E-state index in [1.54, 1.807) is 6.26 Å². The van der Waals surface area contributed by atoms with Crippen LogP contribution < -0.4 is 10.6 Å². The molecular formula is C22H33IN4O2. The Balaban J connectivity index is 0.00000300. The number of aliphatic imine (C=N–C) groups is 1. The average Bonchev–Trinajstić information content (AvgIpc) is 3.24. The fourth-order valence-corrected chi connectivity index (χ4v) is 3.39. The van der Waals surface area contributed by atoms with Crippen molar-refractivity contribution >= 4 is 29.9 Å². The van der Waals surface area contributed by atoms with Gasteiger partial charge in [0.15, 0.2) is 5.96 Å². The van der Waals surface area contributed by atoms with Gasteiger partial charge in [0.1, 0.15) is 5.76 Å². The predicted octanol–water partition coefficient (Wildman–Crippen LogP) is 3.38. The lowest BCUT2D eigenvalue weighted by Gasteiger charge is -2.34. The summed E-state index contributed by atoms with van der Waals surface area (Å²) < 4.78 is 10.9. The van der Waals surface area contributed by atoms with E-state index in [1.807, 2.05) is 12.1 Å². The maximum atomic E-state index is 5.55. The van der Waals surface area contributed by atoms with Crippen LogP contribution in [0, 0.1) is 6.92 Å². The summed E-state index contributed by atoms with van der Waals surface area (Å²) in [5.74, 6) is 1.83. The Morgan fingerprint density at radius 3 is 2.55 bits per heavy atom. The van der Waals surface area contributed by atoms with Crippen LogP contribution in [0.1, 0.15) is 29.9 Å². The molecule has 0 bridgehead atoms. The van der Waals surface area contributed by atoms with Gasteiger partial charge in [-0.1, -0.05) is 29.8 Å². The zero-order valence-electron chi connectivity index (χ0n) is 17.4. The quantitative estimate of drug-likeness (QED) is 0.323. The molecule has 0 radical (unpaired) electrons. The van der Waals surface area contributed by atoms with E-state index in [-0.39, 0.29) is 30.0 Å². The van der Waals surface area contributed by atoms with Crippen LogP contribution >= 0.6 is 24.0 Å². The van der Waals surface area contributed by atoms with Gasteiger partial charge in [-0.3, -0.25) is 9.89 Å². The van der Waals surface area contributed by atoms with Crippen LogP contribution in [-0.2, 0) is 11.2 Å². The molecule has 29 heavy (non-hydrogen) atoms. The Morgan fingerprint density at radius 1 is 1.14 bits per heavy atom. The summed E-state index contributed by atoms with van der Waals surface area (Å²) in [5, 5.41) is 6.76. The van der Waals surface area contributed by atoms with E-state index in [2.05, 4.69) is 53.6 Å². The second-order valence-corrected chi connectivity index (χ2v) is 7.05. The van der Waals surface area contributed by atoms with Gasteiger partial charge in [0.25, 0.3) is 0 Å². The first-order valence-corrected chi connectivity index (χ1v) is 10.2. The summed E-state index contributed by atoms with van der Waals surface area (Å²) in [7, 11) is 0. The molecule has 1 aromatic heterocycles. The Kier molecular flexibility index (Phi) is 10.5. The summed E-state index contributed by atoms with van der Waals surface area (Å²) in [6, 6.07) is 13.0. The molecule has 6 nitrogen and oxygen atoms in total. The molecule has 1 saturated heterocycles. The molecular weight excluding hydrogens is 479 g/mol. The molecule has 0 spiro atoms. The first-order valence-electron chi connectivity index (χ1n) is 10.2. The van der Waals surface area contributed by atoms with Crippen molar-refractivity contribution in [2.24, 2.45) is 4.99 Å². The molecule has 1 atom stereocenters. The van der Waals surface area contributed by atoms with Gasteiger partial charge in [-0.15, -0.1) is 24.0 Å². The van der Waals surface area contributed by atoms with Crippen LogP contribution in [0.4, 0.5) is 0 Å². The minimum Gasteiger partial charge on any atom is -0.469 e. The minimum atomic E-state index is 0. The first kappa shape index (κ1) is 23.7. The molecule has 1 aliphatic heterocycles. The van der Waals surface area contributed by atoms with Gasteiger partial charge in [-0.2, -0.15) is 0 Å². The first-order chi connectivity index (χ1) is 13.8. The van der Waals surface area contributed by atoms with Crippen LogP contribution in [0.2, 0.25) is 0 Å². The monoisotopic (exact) mass is 512 g/mol. The van der Waals surface area contributed by atoms with Crippen LogP contribution in [0.5, 0.6) is 0 Å². The molecule has 1 aliphatic rings. The number of rotatable bonds is 8. The number of nitrogens with zero attached hydrogens (tertiary/aromatic N) is 2. The second-order valence-electron chi connectivity index (χ2n) is 7.05. The Morgan fingerprint density at radius 2 is 1.90 bits per heavy atom. The fraction of sp³-hybridized carbons (Fsp3) is 0.500. The van der Waals surface area contributed by atoms with E-state index in [4.69, 9.17) is 14.1 Å². The SMILES string of the molecule is CCNC(=NCC(c1ccc(C)cc1)N1CCOCC1)NCCc1ccco1.I. The zero-order valence-corrected chi connectivity index (χ0v) is 19.7. The van der Waals surface area contributed by atoms with Crippen molar-refractivity contribution in [2.75, 3.05) is 45.9 Å². The van der Waals surface area contributed by atoms with Gasteiger partial charge in [-0.25, -0.2) is 0 Å². The molecule has 1 aromatic carbocycles. The summed E-state index contributed by atoms with van der Waals surface area (Å²) in [6.07, 6.45) is 2.55. The molecule has 0 amide bonds. The molecule has 160 valence electrons. The van der Waals surface area contributed by atoms with Crippen LogP contribution in [0.3, 0.4) is 0 Å². The van der Waals surface area contributed by atoms with Crippen molar-refractivity contribution in [2.45, 2.75) is 26.3 Å². The highest BCUT2D eigenvalue weighted by Crippen LogP contribution is 2.22. The van der Waals surface area contributed by atoms with Gasteiger partial charge >= 0.3 is 0 Å². The topological polar surface area (TPSA) is 62.0 Å². The van der Waals surface area contributed by atoms with Gasteiger partial charge in [0, 0.05) is 32.6 Å². The highest BCUT2D eigenvalue weighted by Gasteiger charge is 2.22. The third-order valence-corrected chi connectivity index (χ3v) is 4.96. The smallest absolute Gasteiger partial charge is 0.191 e. The molecule has 1 unspecified atom stereocenters. The lowest BCUT2D eigenvalue weighted by Crippen LogP contribution is -2.42. The van der Waals surface area contributed by atoms with Crippen molar-refractivity contribution in [1.29, 1.82) is 0 Å². The molecule has 2 heterocycles. The van der Waals surface area contributed by atoms with Crippen molar-refractivity contribution < 1.29 is 9.15 Å². The summed E-state index contributed by atoms with van der Waals surface area (Å²) in [6.45, 7) is 9.99. The largest absolute Gasteiger partial charge is 0.469 e. The molecule has 1 fully saturated rings. The molecule has 2 N–H and O–H groups in total. The maximum Gasteiger partial charge on any atom is 0.191 e. The number of halogens is 1. The van der Waals surface area contributed by atoms with E-state index in [0.29, 0.717) is 6.54 Å². The highest BCUT2D eigenvalue weighted by molar-refractivity contribution is 14.0. The molecule has 2 aromatic rings. The summed E-state index contributed by atoms with van der Waals surface area (Å²) in [5.41, 5.74) is 2.59. The van der Waals surface area contributed by atoms with Gasteiger partial charge in [-0.05, 0) is 31.5 Å². The standard InChI is InChI=1S/C22H32N4O2.HI/c1-3-23-22(24-11-10-20-5-4-14-28-20)25-17-21(26-12-15-27-16-13-26)19-8-6-18(2)7-9-19;/h4-9,14,21H,3,10-13,15-17H2,1-2H3,(H2,23,24,25);1H. The number of hydrogen-bond acceptors (Lipinski definition) is 4. The molecule has 0 saturated carbocycles. The number of nitrogens with one attached hydrogen (secondary N) is 2. The van der Waals surface area contributed by atoms with Gasteiger partial charge in [0.05, 0.1) is 32.1 Å². The van der Waals surface area contributed by atoms with Crippen molar-refractivity contribution in [3.63, 3.8) is 0 Å². The van der Waals surface area contributed by atoms with E-state index >= 15 is 0 Å². The number of hydrogen-bond donors (Lipinski definition) is 2. The highest BCUT2D eigenvalue weighted by atomic mass is 127. The third kappa shape index (κ3) is 7.64. The molecule has 0 aliphatic carbocycles. The Labute approximate surface area is 191 Å². The van der Waals surface area contributed by atoms with Crippen LogP contribution in [0.15, 0.2) is 52.1 Å². The maximum absolute atomic E-state index is 5.55. The number of benzene rings is 1. The average molecular weight is 512 g/mol. The lowest BCUT2D eigenvalue weighted by atomic mass is 10.0. The fourth-order valence-electron chi connectivity index (χ4n) is 3.39. The normalized spacial score (nSPS) is 16.1. The van der Waals surface area contributed by atoms with E-state index < -0.39 is 0 Å². The van der Waals surface area contributed by atoms with Crippen molar-refractivity contribution in [3.05, 3.63) is 59.5 Å². The van der Waals surface area contributed by atoms with E-state index in [1.165, 1.54) is 11.1 Å². The molecule has 3 rings (SSSR count). The van der Waals surface area contributed by atoms with Gasteiger partial charge in [0.2, 0.25) is 0 Å². The third-order valence-electron chi connectivity index (χ3n) is 4.96. The summed E-state index contributed by atoms with van der Waals surface area (Å²) >= 11 is 0. The number of furan rings is 1. The van der Waals surface area contributed by atoms with Crippen LogP contribution in [-0.4, -0.2) is 56.8 Å².